The minimum Gasteiger partial charge on any atom is -0.477 e. The number of rotatable bonds is 20. The van der Waals surface area contributed by atoms with Crippen molar-refractivity contribution in [1.82, 2.24) is 0 Å². The van der Waals surface area contributed by atoms with E-state index >= 15 is 0 Å². The molecule has 0 bridgehead atoms. The third-order valence-electron chi connectivity index (χ3n) is 7.00. The standard InChI is InChI=1S/C30H53NO2/c1-6-7-8-9-13-16-19-28(29-23-26(2)22-27(3)24-29)20-17-14-11-10-12-15-18-21-31(4,5)25-30(32)33/h22-24,28H,6-21,25H2,1-5H3/p+1. The lowest BCUT2D eigenvalue weighted by Crippen LogP contribution is -2.44. The van der Waals surface area contributed by atoms with Crippen LogP contribution in [0.5, 0.6) is 0 Å². The van der Waals surface area contributed by atoms with E-state index in [1.807, 2.05) is 14.1 Å². The monoisotopic (exact) mass is 460 g/mol. The van der Waals surface area contributed by atoms with Gasteiger partial charge in [0, 0.05) is 0 Å². The summed E-state index contributed by atoms with van der Waals surface area (Å²) in [6, 6.07) is 7.16. The molecule has 3 nitrogen and oxygen atoms in total. The third-order valence-corrected chi connectivity index (χ3v) is 7.00. The Morgan fingerprint density at radius 3 is 1.70 bits per heavy atom. The fourth-order valence-electron chi connectivity index (χ4n) is 5.15. The van der Waals surface area contributed by atoms with Crippen molar-refractivity contribution in [1.29, 1.82) is 0 Å². The highest BCUT2D eigenvalue weighted by molar-refractivity contribution is 5.67. The number of carboxylic acid groups (broad SMARTS) is 1. The van der Waals surface area contributed by atoms with Crippen LogP contribution in [0.3, 0.4) is 0 Å². The first kappa shape index (κ1) is 29.7. The number of unbranched alkanes of at least 4 members (excludes halogenated alkanes) is 11. The first-order valence-electron chi connectivity index (χ1n) is 13.9. The van der Waals surface area contributed by atoms with E-state index in [2.05, 4.69) is 39.0 Å². The zero-order chi connectivity index (χ0) is 24.5. The smallest absolute Gasteiger partial charge is 0.359 e. The predicted molar refractivity (Wildman–Crippen MR) is 143 cm³/mol. The van der Waals surface area contributed by atoms with Crippen LogP contribution in [0.25, 0.3) is 0 Å². The molecule has 0 saturated carbocycles. The van der Waals surface area contributed by atoms with Gasteiger partial charge >= 0.3 is 5.97 Å². The lowest BCUT2D eigenvalue weighted by Gasteiger charge is -2.27. The Balaban J connectivity index is 2.29. The zero-order valence-corrected chi connectivity index (χ0v) is 22.6. The second kappa shape index (κ2) is 17.1. The summed E-state index contributed by atoms with van der Waals surface area (Å²) in [7, 11) is 4.04. The summed E-state index contributed by atoms with van der Waals surface area (Å²) in [5.74, 6) is 0.0274. The van der Waals surface area contributed by atoms with Crippen LogP contribution in [0.2, 0.25) is 0 Å². The second-order valence-corrected chi connectivity index (χ2v) is 11.1. The summed E-state index contributed by atoms with van der Waals surface area (Å²) < 4.78 is 0.591. The lowest BCUT2D eigenvalue weighted by atomic mass is 9.86. The molecular weight excluding hydrogens is 406 g/mol. The van der Waals surface area contributed by atoms with E-state index in [0.717, 1.165) is 18.9 Å². The van der Waals surface area contributed by atoms with Crippen molar-refractivity contribution in [3.8, 4) is 0 Å². The van der Waals surface area contributed by atoms with Crippen molar-refractivity contribution in [2.75, 3.05) is 27.2 Å². The highest BCUT2D eigenvalue weighted by Crippen LogP contribution is 2.30. The molecule has 0 amide bonds. The molecule has 0 aliphatic carbocycles. The second-order valence-electron chi connectivity index (χ2n) is 11.1. The number of benzene rings is 1. The molecule has 33 heavy (non-hydrogen) atoms. The number of nitrogens with zero attached hydrogens (tertiary/aromatic N) is 1. The molecule has 0 spiro atoms. The Morgan fingerprint density at radius 2 is 1.21 bits per heavy atom. The van der Waals surface area contributed by atoms with Crippen LogP contribution in [0.4, 0.5) is 0 Å². The summed E-state index contributed by atoms with van der Waals surface area (Å²) in [6.45, 7) is 7.95. The molecule has 1 unspecified atom stereocenters. The number of likely N-dealkylation sites (N-methyl/N-ethyl adjacent to an activating group) is 1. The number of hydrogen-bond donors (Lipinski definition) is 1. The van der Waals surface area contributed by atoms with Crippen LogP contribution in [0, 0.1) is 13.8 Å². The van der Waals surface area contributed by atoms with Crippen LogP contribution in [0.1, 0.15) is 126 Å². The first-order chi connectivity index (χ1) is 15.7. The van der Waals surface area contributed by atoms with E-state index in [-0.39, 0.29) is 6.54 Å². The van der Waals surface area contributed by atoms with Gasteiger partial charge in [-0.25, -0.2) is 4.79 Å². The van der Waals surface area contributed by atoms with Gasteiger partial charge in [0.15, 0.2) is 6.54 Å². The Bertz CT molecular complexity index is 632. The average molecular weight is 461 g/mol. The molecular formula is C30H54NO2+. The Hall–Kier alpha value is -1.35. The van der Waals surface area contributed by atoms with Gasteiger partial charge in [0.1, 0.15) is 0 Å². The van der Waals surface area contributed by atoms with Gasteiger partial charge < -0.3 is 9.59 Å². The quantitative estimate of drug-likeness (QED) is 0.157. The summed E-state index contributed by atoms with van der Waals surface area (Å²) in [4.78, 5) is 10.9. The number of hydrogen-bond acceptors (Lipinski definition) is 1. The van der Waals surface area contributed by atoms with E-state index in [4.69, 9.17) is 5.11 Å². The third kappa shape index (κ3) is 15.2. The molecule has 1 aromatic rings. The highest BCUT2D eigenvalue weighted by Gasteiger charge is 2.18. The van der Waals surface area contributed by atoms with Gasteiger partial charge in [-0.05, 0) is 51.0 Å². The van der Waals surface area contributed by atoms with Gasteiger partial charge in [0.25, 0.3) is 0 Å². The molecule has 1 atom stereocenters. The Labute approximate surface area is 205 Å². The normalized spacial score (nSPS) is 12.8. The maximum Gasteiger partial charge on any atom is 0.359 e. The molecule has 1 aromatic carbocycles. The highest BCUT2D eigenvalue weighted by atomic mass is 16.4. The Morgan fingerprint density at radius 1 is 0.758 bits per heavy atom. The number of carbonyl (C=O) groups is 1. The van der Waals surface area contributed by atoms with Crippen LogP contribution in [-0.2, 0) is 4.79 Å². The van der Waals surface area contributed by atoms with E-state index in [1.165, 1.54) is 101 Å². The maximum absolute atomic E-state index is 10.9. The topological polar surface area (TPSA) is 37.3 Å². The molecule has 0 fully saturated rings. The molecule has 1 N–H and O–H groups in total. The zero-order valence-electron chi connectivity index (χ0n) is 22.6. The van der Waals surface area contributed by atoms with Gasteiger partial charge in [-0.1, -0.05) is 107 Å². The fraction of sp³-hybridized carbons (Fsp3) is 0.767. The largest absolute Gasteiger partial charge is 0.477 e. The summed E-state index contributed by atoms with van der Waals surface area (Å²) in [5, 5.41) is 8.99. The van der Waals surface area contributed by atoms with Gasteiger partial charge in [-0.2, -0.15) is 0 Å². The predicted octanol–water partition coefficient (Wildman–Crippen LogP) is 8.42. The van der Waals surface area contributed by atoms with Crippen LogP contribution < -0.4 is 0 Å². The fourth-order valence-corrected chi connectivity index (χ4v) is 5.15. The van der Waals surface area contributed by atoms with Crippen LogP contribution in [0.15, 0.2) is 18.2 Å². The minimum absolute atomic E-state index is 0.223. The summed E-state index contributed by atoms with van der Waals surface area (Å²) in [6.07, 6.45) is 20.0. The van der Waals surface area contributed by atoms with Crippen LogP contribution in [-0.4, -0.2) is 42.7 Å². The van der Waals surface area contributed by atoms with E-state index in [0.29, 0.717) is 4.48 Å². The molecule has 3 heteroatoms. The number of aliphatic carboxylic acids is 1. The van der Waals surface area contributed by atoms with Crippen molar-refractivity contribution in [3.63, 3.8) is 0 Å². The molecule has 0 aliphatic rings. The van der Waals surface area contributed by atoms with Gasteiger partial charge in [0.2, 0.25) is 0 Å². The van der Waals surface area contributed by atoms with E-state index in [1.54, 1.807) is 5.56 Å². The lowest BCUT2D eigenvalue weighted by molar-refractivity contribution is -0.883. The number of aryl methyl sites for hydroxylation is 2. The number of quaternary nitrogens is 1. The molecule has 0 heterocycles. The van der Waals surface area contributed by atoms with Crippen molar-refractivity contribution >= 4 is 5.97 Å². The molecule has 1 rings (SSSR count). The van der Waals surface area contributed by atoms with Gasteiger partial charge in [0.05, 0.1) is 20.6 Å². The molecule has 0 radical (unpaired) electrons. The first-order valence-corrected chi connectivity index (χ1v) is 13.9. The van der Waals surface area contributed by atoms with E-state index < -0.39 is 5.97 Å². The van der Waals surface area contributed by atoms with Crippen LogP contribution >= 0.6 is 0 Å². The number of carboxylic acids is 1. The van der Waals surface area contributed by atoms with Crippen molar-refractivity contribution < 1.29 is 14.4 Å². The molecule has 0 aliphatic heterocycles. The molecule has 0 aromatic heterocycles. The molecule has 190 valence electrons. The summed E-state index contributed by atoms with van der Waals surface area (Å²) in [5.41, 5.74) is 4.38. The molecule has 0 saturated heterocycles. The van der Waals surface area contributed by atoms with Gasteiger partial charge in [-0.3, -0.25) is 0 Å². The van der Waals surface area contributed by atoms with Crippen molar-refractivity contribution in [3.05, 3.63) is 34.9 Å². The van der Waals surface area contributed by atoms with Gasteiger partial charge in [-0.15, -0.1) is 0 Å². The summed E-state index contributed by atoms with van der Waals surface area (Å²) >= 11 is 0. The van der Waals surface area contributed by atoms with Crippen molar-refractivity contribution in [2.24, 2.45) is 0 Å². The van der Waals surface area contributed by atoms with Crippen molar-refractivity contribution in [2.45, 2.75) is 123 Å². The SMILES string of the molecule is CCCCCCCCC(CCCCCCCCC[N+](C)(C)CC(=O)O)c1cc(C)cc(C)c1. The average Bonchev–Trinajstić information content (AvgIpc) is 2.71. The van der Waals surface area contributed by atoms with E-state index in [9.17, 15) is 4.79 Å². The maximum atomic E-state index is 10.9. The Kier molecular flexibility index (Phi) is 15.4. The minimum atomic E-state index is -0.698.